The maximum absolute atomic E-state index is 9.75. The zero-order valence-corrected chi connectivity index (χ0v) is 17.1. The minimum atomic E-state index is -1.16. The van der Waals surface area contributed by atoms with Crippen LogP contribution < -0.4 is 0 Å². The summed E-state index contributed by atoms with van der Waals surface area (Å²) >= 11 is 0. The van der Waals surface area contributed by atoms with Crippen LogP contribution in [0.5, 0.6) is 0 Å². The average Bonchev–Trinajstić information content (AvgIpc) is 2.60. The van der Waals surface area contributed by atoms with Crippen molar-refractivity contribution in [2.24, 2.45) is 0 Å². The number of ether oxygens (including phenoxy) is 4. The van der Waals surface area contributed by atoms with E-state index in [9.17, 15) is 5.11 Å². The van der Waals surface area contributed by atoms with Crippen molar-refractivity contribution in [1.82, 2.24) is 0 Å². The van der Waals surface area contributed by atoms with Gasteiger partial charge in [-0.15, -0.1) is 6.58 Å². The van der Waals surface area contributed by atoms with Crippen molar-refractivity contribution in [2.75, 3.05) is 19.8 Å². The fourth-order valence-electron chi connectivity index (χ4n) is 3.06. The van der Waals surface area contributed by atoms with Gasteiger partial charge in [0.15, 0.2) is 12.1 Å². The summed E-state index contributed by atoms with van der Waals surface area (Å²) in [4.78, 5) is 0. The molecule has 1 fully saturated rings. The normalized spacial score (nSPS) is 23.9. The van der Waals surface area contributed by atoms with Gasteiger partial charge in [0.05, 0.1) is 25.4 Å². The molecule has 26 heavy (non-hydrogen) atoms. The third-order valence-corrected chi connectivity index (χ3v) is 4.45. The van der Waals surface area contributed by atoms with Crippen molar-refractivity contribution in [3.63, 3.8) is 0 Å². The first-order valence-electron chi connectivity index (χ1n) is 10.3. The molecule has 154 valence electrons. The van der Waals surface area contributed by atoms with Crippen molar-refractivity contribution in [3.8, 4) is 0 Å². The number of unbranched alkanes of at least 4 members (excludes halogenated alkanes) is 6. The van der Waals surface area contributed by atoms with Gasteiger partial charge in [-0.3, -0.25) is 0 Å². The van der Waals surface area contributed by atoms with Crippen molar-refractivity contribution >= 4 is 0 Å². The van der Waals surface area contributed by atoms with E-state index in [0.717, 1.165) is 25.9 Å². The summed E-state index contributed by atoms with van der Waals surface area (Å²) < 4.78 is 23.1. The lowest BCUT2D eigenvalue weighted by Crippen LogP contribution is -2.42. The molecule has 0 aromatic carbocycles. The van der Waals surface area contributed by atoms with E-state index in [1.165, 1.54) is 38.5 Å². The van der Waals surface area contributed by atoms with Gasteiger partial charge in [-0.1, -0.05) is 51.5 Å². The summed E-state index contributed by atoms with van der Waals surface area (Å²) in [5.74, 6) is -1.16. The number of aliphatic hydroxyl groups is 1. The summed E-state index contributed by atoms with van der Waals surface area (Å²) in [5, 5.41) is 9.75. The van der Waals surface area contributed by atoms with E-state index < -0.39 is 5.79 Å². The van der Waals surface area contributed by atoms with E-state index in [2.05, 4.69) is 13.5 Å². The van der Waals surface area contributed by atoms with Gasteiger partial charge in [0.2, 0.25) is 0 Å². The summed E-state index contributed by atoms with van der Waals surface area (Å²) in [6, 6.07) is 0. The molecule has 3 atom stereocenters. The lowest BCUT2D eigenvalue weighted by Gasteiger charge is -2.35. The Bertz CT molecular complexity index is 353. The highest BCUT2D eigenvalue weighted by Crippen LogP contribution is 2.24. The first kappa shape index (κ1) is 23.6. The Hall–Kier alpha value is -0.460. The van der Waals surface area contributed by atoms with E-state index in [0.29, 0.717) is 13.2 Å². The Balaban J connectivity index is 2.28. The molecule has 1 heterocycles. The zero-order chi connectivity index (χ0) is 19.3. The van der Waals surface area contributed by atoms with E-state index in [-0.39, 0.29) is 18.5 Å². The fourth-order valence-corrected chi connectivity index (χ4v) is 3.06. The fraction of sp³-hybridized carbons (Fsp3) is 0.905. The highest BCUT2D eigenvalue weighted by Gasteiger charge is 2.31. The molecule has 0 spiro atoms. The molecule has 1 aliphatic heterocycles. The van der Waals surface area contributed by atoms with E-state index in [1.807, 2.05) is 0 Å². The molecular weight excluding hydrogens is 332 g/mol. The molecule has 1 aliphatic rings. The molecule has 1 rings (SSSR count). The maximum Gasteiger partial charge on any atom is 0.160 e. The molecule has 0 aromatic heterocycles. The van der Waals surface area contributed by atoms with Crippen molar-refractivity contribution in [1.29, 1.82) is 0 Å². The number of rotatable bonds is 15. The van der Waals surface area contributed by atoms with Gasteiger partial charge in [0.1, 0.15) is 0 Å². The second kappa shape index (κ2) is 13.7. The molecule has 2 unspecified atom stereocenters. The van der Waals surface area contributed by atoms with Gasteiger partial charge in [0.25, 0.3) is 0 Å². The van der Waals surface area contributed by atoms with E-state index in [1.54, 1.807) is 19.9 Å². The van der Waals surface area contributed by atoms with Crippen LogP contribution in [-0.4, -0.2) is 49.2 Å². The number of hydrogen-bond acceptors (Lipinski definition) is 5. The zero-order valence-electron chi connectivity index (χ0n) is 17.1. The molecular formula is C21H40O5. The van der Waals surface area contributed by atoms with Crippen LogP contribution in [0, 0.1) is 0 Å². The summed E-state index contributed by atoms with van der Waals surface area (Å²) in [7, 11) is 0. The second-order valence-electron chi connectivity index (χ2n) is 7.65. The quantitative estimate of drug-likeness (QED) is 0.259. The molecule has 0 amide bonds. The number of hydrogen-bond donors (Lipinski definition) is 1. The predicted octanol–water partition coefficient (Wildman–Crippen LogP) is 4.57. The molecule has 1 saturated heterocycles. The maximum atomic E-state index is 9.75. The standard InChI is InChI=1S/C21H40O5/c1-5-7-8-9-10-11-12-14-23-18-15-19(17-25-21(3,4)22)26-20(16-18)24-13-6-2/h6,18-20,22H,2,5,7-17H2,1,3-4H3/t18?,19?,20-/m0/s1. The van der Waals surface area contributed by atoms with Crippen LogP contribution in [0.3, 0.4) is 0 Å². The van der Waals surface area contributed by atoms with E-state index in [4.69, 9.17) is 18.9 Å². The van der Waals surface area contributed by atoms with Crippen LogP contribution in [-0.2, 0) is 18.9 Å². The first-order valence-corrected chi connectivity index (χ1v) is 10.3. The van der Waals surface area contributed by atoms with Gasteiger partial charge < -0.3 is 24.1 Å². The largest absolute Gasteiger partial charge is 0.378 e. The van der Waals surface area contributed by atoms with Gasteiger partial charge in [-0.25, -0.2) is 0 Å². The molecule has 0 saturated carbocycles. The lowest BCUT2D eigenvalue weighted by atomic mass is 10.0. The van der Waals surface area contributed by atoms with Gasteiger partial charge in [0, 0.05) is 19.4 Å². The second-order valence-corrected chi connectivity index (χ2v) is 7.65. The van der Waals surface area contributed by atoms with Gasteiger partial charge in [-0.2, -0.15) is 0 Å². The highest BCUT2D eigenvalue weighted by molar-refractivity contribution is 4.76. The van der Waals surface area contributed by atoms with Crippen molar-refractivity contribution in [3.05, 3.63) is 12.7 Å². The third-order valence-electron chi connectivity index (χ3n) is 4.45. The van der Waals surface area contributed by atoms with Crippen LogP contribution in [0.4, 0.5) is 0 Å². The van der Waals surface area contributed by atoms with Crippen molar-refractivity contribution < 1.29 is 24.1 Å². The third kappa shape index (κ3) is 12.0. The predicted molar refractivity (Wildman–Crippen MR) is 104 cm³/mol. The van der Waals surface area contributed by atoms with Gasteiger partial charge >= 0.3 is 0 Å². The monoisotopic (exact) mass is 372 g/mol. The highest BCUT2D eigenvalue weighted by atomic mass is 16.7. The topological polar surface area (TPSA) is 57.2 Å². The van der Waals surface area contributed by atoms with Crippen molar-refractivity contribution in [2.45, 2.75) is 103 Å². The van der Waals surface area contributed by atoms with Crippen LogP contribution in [0.15, 0.2) is 12.7 Å². The lowest BCUT2D eigenvalue weighted by molar-refractivity contribution is -0.252. The summed E-state index contributed by atoms with van der Waals surface area (Å²) in [6.45, 7) is 10.7. The van der Waals surface area contributed by atoms with Crippen LogP contribution in [0.25, 0.3) is 0 Å². The minimum absolute atomic E-state index is 0.106. The SMILES string of the molecule is C=CCO[C@@H]1CC(OCCCCCCCCC)CC(COC(C)(C)O)O1. The molecule has 1 N–H and O–H groups in total. The Morgan fingerprint density at radius 1 is 1.08 bits per heavy atom. The Kier molecular flexibility index (Phi) is 12.4. The summed E-state index contributed by atoms with van der Waals surface area (Å²) in [5.41, 5.74) is 0. The van der Waals surface area contributed by atoms with Crippen LogP contribution in [0.2, 0.25) is 0 Å². The average molecular weight is 373 g/mol. The van der Waals surface area contributed by atoms with Gasteiger partial charge in [-0.05, 0) is 20.3 Å². The minimum Gasteiger partial charge on any atom is -0.378 e. The van der Waals surface area contributed by atoms with Crippen LogP contribution in [0.1, 0.15) is 78.6 Å². The molecule has 0 radical (unpaired) electrons. The molecule has 0 aliphatic carbocycles. The molecule has 0 aromatic rings. The smallest absolute Gasteiger partial charge is 0.160 e. The van der Waals surface area contributed by atoms with E-state index >= 15 is 0 Å². The molecule has 5 heteroatoms. The Labute approximate surface area is 160 Å². The summed E-state index contributed by atoms with van der Waals surface area (Å²) in [6.07, 6.45) is 11.8. The Morgan fingerprint density at radius 2 is 1.77 bits per heavy atom. The molecule has 0 bridgehead atoms. The Morgan fingerprint density at radius 3 is 2.42 bits per heavy atom. The molecule has 5 nitrogen and oxygen atoms in total. The van der Waals surface area contributed by atoms with Crippen LogP contribution >= 0.6 is 0 Å². The first-order chi connectivity index (χ1) is 12.4.